The lowest BCUT2D eigenvalue weighted by Gasteiger charge is -2.39. The number of nitrogens with one attached hydrogen (secondary N) is 2. The maximum absolute atomic E-state index is 14.1. The minimum Gasteiger partial charge on any atom is -0.399 e. The van der Waals surface area contributed by atoms with Gasteiger partial charge in [-0.3, -0.25) is 24.1 Å². The topological polar surface area (TPSA) is 171 Å². The van der Waals surface area contributed by atoms with Gasteiger partial charge in [-0.05, 0) is 75.4 Å². The Morgan fingerprint density at radius 1 is 0.980 bits per heavy atom. The second-order valence-corrected chi connectivity index (χ2v) is 17.4. The molecule has 6 atom stereocenters. The molecule has 1 heterocycles. The van der Waals surface area contributed by atoms with Crippen LogP contribution in [0.15, 0.2) is 40.8 Å². The number of likely N-dealkylation sites (tertiary alicyclic amines) is 1. The van der Waals surface area contributed by atoms with Crippen LogP contribution in [0.2, 0.25) is 0 Å². The summed E-state index contributed by atoms with van der Waals surface area (Å²) in [4.78, 5) is 59.8. The van der Waals surface area contributed by atoms with Crippen LogP contribution < -0.4 is 15.8 Å². The van der Waals surface area contributed by atoms with Gasteiger partial charge in [0.2, 0.25) is 23.6 Å². The minimum absolute atomic E-state index is 0.0283. The molecule has 0 spiro atoms. The third-order valence-electron chi connectivity index (χ3n) is 9.64. The molecule has 4 N–H and O–H groups in total. The maximum Gasteiger partial charge on any atom is 0.264 e. The number of carbonyl (C=O) groups is 4. The maximum atomic E-state index is 14.1. The fourth-order valence-electron chi connectivity index (χ4n) is 6.83. The first-order chi connectivity index (χ1) is 23.5. The van der Waals surface area contributed by atoms with Crippen molar-refractivity contribution >= 4 is 39.3 Å². The summed E-state index contributed by atoms with van der Waals surface area (Å²) >= 11 is 0. The Bertz CT molecular complexity index is 1510. The van der Waals surface area contributed by atoms with Gasteiger partial charge in [-0.2, -0.15) is 0 Å². The van der Waals surface area contributed by atoms with Crippen LogP contribution >= 0.6 is 0 Å². The molecular weight excluding hydrogens is 673 g/mol. The fourth-order valence-corrected chi connectivity index (χ4v) is 7.89. The number of anilines is 1. The van der Waals surface area contributed by atoms with Crippen molar-refractivity contribution in [1.29, 1.82) is 0 Å². The molecule has 0 aliphatic carbocycles. The number of nitrogens with two attached hydrogens (primary N) is 1. The number of hydrogen-bond donors (Lipinski definition) is 3. The van der Waals surface area contributed by atoms with E-state index in [9.17, 15) is 27.6 Å². The molecule has 0 saturated carbocycles. The van der Waals surface area contributed by atoms with Crippen molar-refractivity contribution in [3.63, 3.8) is 0 Å². The molecular formula is C37H62N6O7S. The van der Waals surface area contributed by atoms with Crippen LogP contribution in [0.1, 0.15) is 75.2 Å². The zero-order chi connectivity index (χ0) is 39.2. The van der Waals surface area contributed by atoms with Crippen LogP contribution in [0.5, 0.6) is 0 Å². The summed E-state index contributed by atoms with van der Waals surface area (Å²) in [6.07, 6.45) is 2.23. The molecule has 0 aromatic heterocycles. The summed E-state index contributed by atoms with van der Waals surface area (Å²) in [5.74, 6) is -2.47. The van der Waals surface area contributed by atoms with Crippen molar-refractivity contribution in [2.24, 2.45) is 23.2 Å². The number of hydrogen-bond acceptors (Lipinski definition) is 9. The lowest BCUT2D eigenvalue weighted by Crippen LogP contribution is -2.59. The summed E-state index contributed by atoms with van der Waals surface area (Å²) in [7, 11) is 2.65. The Labute approximate surface area is 305 Å². The van der Waals surface area contributed by atoms with Crippen LogP contribution in [0.25, 0.3) is 0 Å². The molecule has 288 valence electrons. The van der Waals surface area contributed by atoms with E-state index >= 15 is 0 Å². The first kappa shape index (κ1) is 43.7. The van der Waals surface area contributed by atoms with Crippen molar-refractivity contribution in [2.75, 3.05) is 40.5 Å². The van der Waals surface area contributed by atoms with E-state index in [0.29, 0.717) is 30.6 Å². The molecule has 1 unspecified atom stereocenters. The Balaban J connectivity index is 2.32. The van der Waals surface area contributed by atoms with Crippen LogP contribution in [0.4, 0.5) is 5.69 Å². The molecule has 1 aliphatic rings. The zero-order valence-corrected chi connectivity index (χ0v) is 33.6. The third kappa shape index (κ3) is 11.0. The largest absolute Gasteiger partial charge is 0.399 e. The smallest absolute Gasteiger partial charge is 0.264 e. The number of methoxy groups -OCH3 is 1. The minimum atomic E-state index is -4.16. The molecule has 13 nitrogen and oxygen atoms in total. The number of nitrogen functional groups attached to an aromatic ring is 1. The molecule has 1 aromatic rings. The van der Waals surface area contributed by atoms with E-state index in [0.717, 1.165) is 0 Å². The highest BCUT2D eigenvalue weighted by Gasteiger charge is 2.42. The van der Waals surface area contributed by atoms with E-state index in [-0.39, 0.29) is 34.5 Å². The van der Waals surface area contributed by atoms with Crippen LogP contribution in [0, 0.1) is 23.2 Å². The highest BCUT2D eigenvalue weighted by atomic mass is 32.2. The van der Waals surface area contributed by atoms with Crippen LogP contribution in [0.3, 0.4) is 0 Å². The first-order valence-corrected chi connectivity index (χ1v) is 19.1. The van der Waals surface area contributed by atoms with Crippen LogP contribution in [-0.2, 0) is 33.9 Å². The van der Waals surface area contributed by atoms with E-state index < -0.39 is 57.5 Å². The van der Waals surface area contributed by atoms with Crippen molar-refractivity contribution in [1.82, 2.24) is 24.7 Å². The lowest BCUT2D eigenvalue weighted by atomic mass is 9.84. The van der Waals surface area contributed by atoms with Gasteiger partial charge in [0, 0.05) is 32.0 Å². The van der Waals surface area contributed by atoms with E-state index in [1.165, 1.54) is 31.4 Å². The standard InChI is InChI=1S/C37H62N6O7S/c1-22(2)29(42(12)36(47)32(37(7,8)9)39-34(45)30(23(3)4)41(10)11)21-24(5)35(46)43-20-14-15-28(43)31(50-13)25(6)33(44)40-51(48,49)27-18-16-26(38)17-19-27/h16-19,21-23,25,28-32H,14-15,20,38H2,1-13H3,(H,39,45)(H,40,44)/b24-21+/t25-,28+,29-,30+,31?,32-/m1/s1. The normalized spacial score (nSPS) is 18.7. The second kappa shape index (κ2) is 17.8. The molecule has 2 rings (SSSR count). The summed E-state index contributed by atoms with van der Waals surface area (Å²) in [6, 6.07) is 3.31. The number of nitrogens with zero attached hydrogens (tertiary/aromatic N) is 3. The Hall–Kier alpha value is -3.49. The Kier molecular flexibility index (Phi) is 15.3. The van der Waals surface area contributed by atoms with Gasteiger partial charge < -0.3 is 25.6 Å². The monoisotopic (exact) mass is 734 g/mol. The summed E-state index contributed by atoms with van der Waals surface area (Å²) in [5.41, 5.74) is 5.89. The van der Waals surface area contributed by atoms with Gasteiger partial charge in [-0.1, -0.05) is 61.5 Å². The van der Waals surface area contributed by atoms with E-state index in [1.54, 1.807) is 36.8 Å². The summed E-state index contributed by atoms with van der Waals surface area (Å²) < 4.78 is 33.7. The molecule has 0 radical (unpaired) electrons. The van der Waals surface area contributed by atoms with Gasteiger partial charge in [0.25, 0.3) is 10.0 Å². The highest BCUT2D eigenvalue weighted by Crippen LogP contribution is 2.29. The molecule has 1 saturated heterocycles. The van der Waals surface area contributed by atoms with Crippen molar-refractivity contribution in [3.8, 4) is 0 Å². The number of sulfonamides is 1. The SMILES string of the molecule is COC([C@@H](C)C(=O)NS(=O)(=O)c1ccc(N)cc1)[C@@H]1CCCN1C(=O)/C(C)=C/[C@H](C(C)C)N(C)C(=O)[C@@H](NC(=O)[C@H](C(C)C)N(C)C)C(C)(C)C. The number of amides is 4. The van der Waals surface area contributed by atoms with E-state index in [2.05, 4.69) is 10.0 Å². The van der Waals surface area contributed by atoms with Crippen LogP contribution in [-0.4, -0.2) is 112 Å². The van der Waals surface area contributed by atoms with Gasteiger partial charge >= 0.3 is 0 Å². The number of likely N-dealkylation sites (N-methyl/N-ethyl adjacent to an activating group) is 2. The predicted octanol–water partition coefficient (Wildman–Crippen LogP) is 3.26. The third-order valence-corrected chi connectivity index (χ3v) is 11.0. The van der Waals surface area contributed by atoms with Crippen molar-refractivity contribution < 1.29 is 32.3 Å². The van der Waals surface area contributed by atoms with Gasteiger partial charge in [0.15, 0.2) is 0 Å². The molecule has 4 amide bonds. The fraction of sp³-hybridized carbons (Fsp3) is 0.676. The second-order valence-electron chi connectivity index (χ2n) is 15.7. The van der Waals surface area contributed by atoms with E-state index in [4.69, 9.17) is 10.5 Å². The molecule has 1 fully saturated rings. The molecule has 1 aromatic carbocycles. The Morgan fingerprint density at radius 3 is 2.02 bits per heavy atom. The van der Waals surface area contributed by atoms with Gasteiger partial charge in [0.05, 0.1) is 35.0 Å². The molecule has 51 heavy (non-hydrogen) atoms. The lowest BCUT2D eigenvalue weighted by molar-refractivity contribution is -0.141. The molecule has 1 aliphatic heterocycles. The van der Waals surface area contributed by atoms with Crippen molar-refractivity contribution in [2.45, 2.75) is 110 Å². The number of ether oxygens (including phenoxy) is 1. The number of benzene rings is 1. The molecule has 0 bridgehead atoms. The number of carbonyl (C=O) groups excluding carboxylic acids is 4. The number of rotatable bonds is 15. The average Bonchev–Trinajstić information content (AvgIpc) is 3.50. The summed E-state index contributed by atoms with van der Waals surface area (Å²) in [6.45, 7) is 17.3. The summed E-state index contributed by atoms with van der Waals surface area (Å²) in [5, 5.41) is 3.03. The van der Waals surface area contributed by atoms with Gasteiger partial charge in [0.1, 0.15) is 6.04 Å². The van der Waals surface area contributed by atoms with E-state index in [1.807, 2.05) is 67.5 Å². The van der Waals surface area contributed by atoms with Crippen molar-refractivity contribution in [3.05, 3.63) is 35.9 Å². The highest BCUT2D eigenvalue weighted by molar-refractivity contribution is 7.90. The molecule has 14 heteroatoms. The van der Waals surface area contributed by atoms with Gasteiger partial charge in [-0.25, -0.2) is 13.1 Å². The predicted molar refractivity (Wildman–Crippen MR) is 200 cm³/mol. The zero-order valence-electron chi connectivity index (χ0n) is 32.8. The first-order valence-electron chi connectivity index (χ1n) is 17.6. The quantitative estimate of drug-likeness (QED) is 0.181. The van der Waals surface area contributed by atoms with Gasteiger partial charge in [-0.15, -0.1) is 0 Å². The Morgan fingerprint density at radius 2 is 1.55 bits per heavy atom. The average molecular weight is 735 g/mol.